The molecule has 1 fully saturated rings. The number of aliphatic carboxylic acids is 1. The highest BCUT2D eigenvalue weighted by Crippen LogP contribution is 2.17. The summed E-state index contributed by atoms with van der Waals surface area (Å²) in [4.78, 5) is 10.1. The summed E-state index contributed by atoms with van der Waals surface area (Å²) in [7, 11) is 0. The number of rotatable bonds is 3. The van der Waals surface area contributed by atoms with Gasteiger partial charge in [-0.2, -0.15) is 0 Å². The van der Waals surface area contributed by atoms with Crippen molar-refractivity contribution < 1.29 is 14.6 Å². The molecule has 0 aromatic rings. The van der Waals surface area contributed by atoms with Gasteiger partial charge in [0.05, 0.1) is 12.7 Å². The molecule has 1 rings (SSSR count). The molecule has 0 bridgehead atoms. The van der Waals surface area contributed by atoms with E-state index in [2.05, 4.69) is 19.7 Å². The zero-order valence-corrected chi connectivity index (χ0v) is 6.38. The highest BCUT2D eigenvalue weighted by molar-refractivity contribution is 5.85. The molecular formula is C8H12O3. The molecule has 3 heteroatoms. The number of ether oxygens (including phenoxy) is 1. The van der Waals surface area contributed by atoms with E-state index in [0.29, 0.717) is 13.0 Å². The minimum absolute atomic E-state index is 0.133. The summed E-state index contributed by atoms with van der Waals surface area (Å²) in [6.07, 6.45) is 0.601. The number of epoxide rings is 1. The first-order valence-electron chi connectivity index (χ1n) is 3.23. The van der Waals surface area contributed by atoms with E-state index in [1.54, 1.807) is 0 Å². The second-order valence-electron chi connectivity index (χ2n) is 2.07. The molecule has 0 aromatic heterocycles. The predicted molar refractivity (Wildman–Crippen MR) is 42.4 cm³/mol. The molecule has 1 atom stereocenters. The van der Waals surface area contributed by atoms with Crippen molar-refractivity contribution in [2.45, 2.75) is 12.5 Å². The summed E-state index contributed by atoms with van der Waals surface area (Å²) in [6, 6.07) is 0. The Labute approximate surface area is 66.0 Å². The van der Waals surface area contributed by atoms with Gasteiger partial charge in [0.15, 0.2) is 0 Å². The lowest BCUT2D eigenvalue weighted by Crippen LogP contribution is -2.01. The van der Waals surface area contributed by atoms with Crippen molar-refractivity contribution in [1.82, 2.24) is 0 Å². The molecule has 1 N–H and O–H groups in total. The second kappa shape index (κ2) is 4.68. The van der Waals surface area contributed by atoms with Gasteiger partial charge < -0.3 is 9.84 Å². The Morgan fingerprint density at radius 2 is 2.09 bits per heavy atom. The van der Waals surface area contributed by atoms with Crippen molar-refractivity contribution in [2.75, 3.05) is 6.61 Å². The number of hydrogen-bond donors (Lipinski definition) is 1. The Bertz CT molecular complexity index is 159. The maximum atomic E-state index is 10.1. The van der Waals surface area contributed by atoms with Gasteiger partial charge in [0, 0.05) is 12.0 Å². The van der Waals surface area contributed by atoms with E-state index in [-0.39, 0.29) is 11.7 Å². The first-order chi connectivity index (χ1) is 5.20. The average molecular weight is 156 g/mol. The van der Waals surface area contributed by atoms with E-state index < -0.39 is 5.97 Å². The third-order valence-electron chi connectivity index (χ3n) is 1.18. The van der Waals surface area contributed by atoms with Gasteiger partial charge in [-0.25, -0.2) is 4.79 Å². The summed E-state index contributed by atoms with van der Waals surface area (Å²) >= 11 is 0. The van der Waals surface area contributed by atoms with Gasteiger partial charge >= 0.3 is 5.97 Å². The van der Waals surface area contributed by atoms with Crippen molar-refractivity contribution in [3.8, 4) is 0 Å². The standard InChI is InChI=1S/C6H8O3.C2H4/c1-4(6(7)8)2-5-3-9-5;1-2/h5H,1-3H2,(H,7,8);1-2H2. The topological polar surface area (TPSA) is 49.8 Å². The van der Waals surface area contributed by atoms with E-state index >= 15 is 0 Å². The van der Waals surface area contributed by atoms with Crippen LogP contribution < -0.4 is 0 Å². The minimum atomic E-state index is -0.925. The smallest absolute Gasteiger partial charge is 0.331 e. The molecule has 0 aromatic carbocycles. The van der Waals surface area contributed by atoms with Crippen LogP contribution in [-0.2, 0) is 9.53 Å². The van der Waals surface area contributed by atoms with Crippen LogP contribution in [0.5, 0.6) is 0 Å². The van der Waals surface area contributed by atoms with Crippen LogP contribution in [0.2, 0.25) is 0 Å². The van der Waals surface area contributed by atoms with Gasteiger partial charge in [-0.05, 0) is 0 Å². The van der Waals surface area contributed by atoms with Gasteiger partial charge in [-0.15, -0.1) is 13.2 Å². The van der Waals surface area contributed by atoms with Gasteiger partial charge in [0.2, 0.25) is 0 Å². The summed E-state index contributed by atoms with van der Waals surface area (Å²) in [6.45, 7) is 10.0. The highest BCUT2D eigenvalue weighted by Gasteiger charge is 2.24. The van der Waals surface area contributed by atoms with Gasteiger partial charge in [-0.3, -0.25) is 0 Å². The molecule has 0 spiro atoms. The number of carboxylic acids is 1. The lowest BCUT2D eigenvalue weighted by Gasteiger charge is -1.92. The summed E-state index contributed by atoms with van der Waals surface area (Å²) in [5, 5.41) is 8.30. The van der Waals surface area contributed by atoms with Crippen molar-refractivity contribution in [3.63, 3.8) is 0 Å². The van der Waals surface area contributed by atoms with Crippen LogP contribution in [0, 0.1) is 0 Å². The molecule has 11 heavy (non-hydrogen) atoms. The Morgan fingerprint density at radius 3 is 2.36 bits per heavy atom. The third kappa shape index (κ3) is 4.33. The molecule has 62 valence electrons. The molecule has 1 aliphatic heterocycles. The van der Waals surface area contributed by atoms with Gasteiger partial charge in [-0.1, -0.05) is 6.58 Å². The first kappa shape index (κ1) is 9.91. The van der Waals surface area contributed by atoms with E-state index in [1.165, 1.54) is 0 Å². The molecule has 3 nitrogen and oxygen atoms in total. The third-order valence-corrected chi connectivity index (χ3v) is 1.18. The predicted octanol–water partition coefficient (Wildman–Crippen LogP) is 1.22. The lowest BCUT2D eigenvalue weighted by atomic mass is 10.2. The first-order valence-corrected chi connectivity index (χ1v) is 3.23. The molecule has 1 saturated heterocycles. The van der Waals surface area contributed by atoms with Crippen molar-refractivity contribution in [2.24, 2.45) is 0 Å². The molecule has 1 unspecified atom stereocenters. The second-order valence-corrected chi connectivity index (χ2v) is 2.07. The van der Waals surface area contributed by atoms with Crippen molar-refractivity contribution in [1.29, 1.82) is 0 Å². The van der Waals surface area contributed by atoms with Gasteiger partial charge in [0.25, 0.3) is 0 Å². The van der Waals surface area contributed by atoms with E-state index in [4.69, 9.17) is 9.84 Å². The Morgan fingerprint density at radius 1 is 1.64 bits per heavy atom. The van der Waals surface area contributed by atoms with Crippen LogP contribution in [0.1, 0.15) is 6.42 Å². The largest absolute Gasteiger partial charge is 0.478 e. The van der Waals surface area contributed by atoms with E-state index in [1.807, 2.05) is 0 Å². The van der Waals surface area contributed by atoms with Crippen LogP contribution in [0.25, 0.3) is 0 Å². The van der Waals surface area contributed by atoms with Crippen LogP contribution in [0.3, 0.4) is 0 Å². The zero-order chi connectivity index (χ0) is 8.85. The van der Waals surface area contributed by atoms with Crippen molar-refractivity contribution in [3.05, 3.63) is 25.3 Å². The molecule has 0 aliphatic carbocycles. The molecule has 0 saturated carbocycles. The maximum Gasteiger partial charge on any atom is 0.331 e. The maximum absolute atomic E-state index is 10.1. The molecular weight excluding hydrogens is 144 g/mol. The molecule has 0 amide bonds. The zero-order valence-electron chi connectivity index (χ0n) is 6.38. The summed E-state index contributed by atoms with van der Waals surface area (Å²) in [5.41, 5.74) is 0.234. The van der Waals surface area contributed by atoms with Gasteiger partial charge in [0.1, 0.15) is 0 Å². The highest BCUT2D eigenvalue weighted by atomic mass is 16.6. The quantitative estimate of drug-likeness (QED) is 0.379. The molecule has 1 heterocycles. The average Bonchev–Trinajstić information content (AvgIpc) is 2.76. The SMILES string of the molecule is C=C.C=C(CC1CO1)C(=O)O. The molecule has 0 radical (unpaired) electrons. The van der Waals surface area contributed by atoms with Crippen LogP contribution in [0.15, 0.2) is 25.3 Å². The normalized spacial score (nSPS) is 19.5. The number of hydrogen-bond acceptors (Lipinski definition) is 2. The van der Waals surface area contributed by atoms with Crippen LogP contribution >= 0.6 is 0 Å². The summed E-state index contributed by atoms with van der Waals surface area (Å²) < 4.78 is 4.81. The van der Waals surface area contributed by atoms with Crippen LogP contribution in [-0.4, -0.2) is 23.8 Å². The lowest BCUT2D eigenvalue weighted by molar-refractivity contribution is -0.132. The fourth-order valence-electron chi connectivity index (χ4n) is 0.548. The molecule has 1 aliphatic rings. The Balaban J connectivity index is 0.000000461. The Kier molecular flexibility index (Phi) is 4.22. The summed E-state index contributed by atoms with van der Waals surface area (Å²) in [5.74, 6) is -0.925. The van der Waals surface area contributed by atoms with Crippen molar-refractivity contribution >= 4 is 5.97 Å². The Hall–Kier alpha value is -1.09. The number of carboxylic acid groups (broad SMARTS) is 1. The minimum Gasteiger partial charge on any atom is -0.478 e. The fraction of sp³-hybridized carbons (Fsp3) is 0.375. The van der Waals surface area contributed by atoms with E-state index in [9.17, 15) is 4.79 Å². The number of carbonyl (C=O) groups is 1. The fourth-order valence-corrected chi connectivity index (χ4v) is 0.548. The van der Waals surface area contributed by atoms with Crippen LogP contribution in [0.4, 0.5) is 0 Å². The van der Waals surface area contributed by atoms with E-state index in [0.717, 1.165) is 0 Å². The monoisotopic (exact) mass is 156 g/mol.